The van der Waals surface area contributed by atoms with Gasteiger partial charge in [-0.15, -0.1) is 0 Å². The summed E-state index contributed by atoms with van der Waals surface area (Å²) >= 11 is 0. The lowest BCUT2D eigenvalue weighted by Crippen LogP contribution is -2.46. The Hall–Kier alpha value is -8.20. The number of rotatable bonds is 12. The van der Waals surface area contributed by atoms with Crippen molar-refractivity contribution in [2.45, 2.75) is 77.7 Å². The summed E-state index contributed by atoms with van der Waals surface area (Å²) in [4.78, 5) is 82.5. The number of ether oxygens (including phenoxy) is 4. The van der Waals surface area contributed by atoms with Gasteiger partial charge in [0.25, 0.3) is 11.8 Å². The van der Waals surface area contributed by atoms with Gasteiger partial charge in [-0.1, -0.05) is 84.9 Å². The number of nitrogens with one attached hydrogen (secondary N) is 3. The molecule has 0 saturated carbocycles. The SMILES string of the molecule is CC(C)(C)OC(=O)N[C@@H](Cc1ccc(O)cc1)C(=O)Oc1ccccc1-c1c2c(c(-c3ccccc3OC(=O)[C@H](Cc3ccc(O)cc3)NC(=O)OC(C)(C)C)c3ccccc13)C(=O)NC2=O. The van der Waals surface area contributed by atoms with Crippen molar-refractivity contribution in [3.05, 3.63) is 144 Å². The summed E-state index contributed by atoms with van der Waals surface area (Å²) in [5.74, 6) is -3.17. The van der Waals surface area contributed by atoms with E-state index in [2.05, 4.69) is 16.0 Å². The second kappa shape index (κ2) is 19.1. The Morgan fingerprint density at radius 3 is 1.21 bits per heavy atom. The van der Waals surface area contributed by atoms with Crippen LogP contribution in [0.4, 0.5) is 9.59 Å². The molecule has 15 heteroatoms. The van der Waals surface area contributed by atoms with Crippen LogP contribution in [0.3, 0.4) is 0 Å². The van der Waals surface area contributed by atoms with Crippen LogP contribution in [0.15, 0.2) is 121 Å². The molecule has 67 heavy (non-hydrogen) atoms. The van der Waals surface area contributed by atoms with Gasteiger partial charge in [0, 0.05) is 35.1 Å². The minimum absolute atomic E-state index is 0.00735. The van der Waals surface area contributed by atoms with E-state index in [0.717, 1.165) is 0 Å². The molecule has 6 aromatic rings. The van der Waals surface area contributed by atoms with Gasteiger partial charge in [-0.05, 0) is 99.8 Å². The fourth-order valence-electron chi connectivity index (χ4n) is 7.59. The molecule has 2 atom stereocenters. The number of esters is 2. The Labute approximate surface area is 386 Å². The quantitative estimate of drug-likeness (QED) is 0.0444. The number of hydrogen-bond donors (Lipinski definition) is 5. The van der Waals surface area contributed by atoms with Crippen molar-refractivity contribution >= 4 is 46.7 Å². The number of fused-ring (bicyclic) bond motifs is 2. The van der Waals surface area contributed by atoms with E-state index in [0.29, 0.717) is 21.9 Å². The molecule has 4 amide bonds. The third-order valence-corrected chi connectivity index (χ3v) is 10.3. The number of phenolic OH excluding ortho intramolecular Hbond substituents is 2. The van der Waals surface area contributed by atoms with E-state index in [1.54, 1.807) is 126 Å². The van der Waals surface area contributed by atoms with E-state index in [4.69, 9.17) is 18.9 Å². The van der Waals surface area contributed by atoms with Gasteiger partial charge in [-0.3, -0.25) is 14.9 Å². The molecule has 0 radical (unpaired) electrons. The number of hydrogen-bond acceptors (Lipinski definition) is 12. The van der Waals surface area contributed by atoms with Crippen LogP contribution in [-0.2, 0) is 31.9 Å². The molecule has 0 bridgehead atoms. The Bertz CT molecular complexity index is 2700. The monoisotopic (exact) mass is 907 g/mol. The lowest BCUT2D eigenvalue weighted by atomic mass is 9.84. The Morgan fingerprint density at radius 1 is 0.507 bits per heavy atom. The summed E-state index contributed by atoms with van der Waals surface area (Å²) < 4.78 is 23.1. The fraction of sp³-hybridized carbons (Fsp3) is 0.231. The third-order valence-electron chi connectivity index (χ3n) is 10.3. The molecule has 5 N–H and O–H groups in total. The van der Waals surface area contributed by atoms with Crippen molar-refractivity contribution < 1.29 is 57.9 Å². The first-order chi connectivity index (χ1) is 31.7. The highest BCUT2D eigenvalue weighted by Crippen LogP contribution is 2.48. The largest absolute Gasteiger partial charge is 0.508 e. The normalized spacial score (nSPS) is 13.2. The molecule has 7 rings (SSSR count). The van der Waals surface area contributed by atoms with Gasteiger partial charge in [0.15, 0.2) is 0 Å². The standard InChI is InChI=1S/C52H49N3O12/c1-51(2,3)66-49(62)53-37(27-29-19-23-31(56)24-20-29)47(60)64-39-17-11-9-15-35(39)41-33-13-7-8-14-34(33)42(44-43(41)45(58)55-46(44)59)36-16-10-12-18-40(36)65-48(61)38(54-50(63)67-52(4,5)6)28-30-21-25-32(57)26-22-30/h7-26,37-38,56-57H,27-28H2,1-6H3,(H,53,62)(H,54,63)(H,55,58,59)/t37-,38-/m0/s1. The number of aromatic hydroxyl groups is 2. The van der Waals surface area contributed by atoms with Gasteiger partial charge in [0.1, 0.15) is 46.3 Å². The van der Waals surface area contributed by atoms with Crippen molar-refractivity contribution in [3.63, 3.8) is 0 Å². The Kier molecular flexibility index (Phi) is 13.3. The molecule has 344 valence electrons. The number of benzene rings is 6. The maximum absolute atomic E-state index is 14.2. The number of para-hydroxylation sites is 2. The van der Waals surface area contributed by atoms with E-state index in [-0.39, 0.29) is 69.2 Å². The highest BCUT2D eigenvalue weighted by atomic mass is 16.6. The summed E-state index contributed by atoms with van der Waals surface area (Å²) in [5.41, 5.74) is 0.424. The minimum atomic E-state index is -1.28. The summed E-state index contributed by atoms with van der Waals surface area (Å²) in [6.45, 7) is 10.1. The predicted molar refractivity (Wildman–Crippen MR) is 248 cm³/mol. The highest BCUT2D eigenvalue weighted by Gasteiger charge is 2.38. The maximum atomic E-state index is 14.2. The van der Waals surface area contributed by atoms with Gasteiger partial charge in [0.2, 0.25) is 0 Å². The second-order valence-electron chi connectivity index (χ2n) is 17.8. The smallest absolute Gasteiger partial charge is 0.408 e. The molecular formula is C52H49N3O12. The number of phenols is 2. The third kappa shape index (κ3) is 11.2. The van der Waals surface area contributed by atoms with Crippen LogP contribution in [0.1, 0.15) is 73.4 Å². The molecular weight excluding hydrogens is 859 g/mol. The van der Waals surface area contributed by atoms with Crippen LogP contribution < -0.4 is 25.4 Å². The van der Waals surface area contributed by atoms with Crippen LogP contribution >= 0.6 is 0 Å². The molecule has 0 fully saturated rings. The van der Waals surface area contributed by atoms with E-state index in [9.17, 15) is 39.0 Å². The number of alkyl carbamates (subject to hydrolysis) is 2. The first-order valence-electron chi connectivity index (χ1n) is 21.4. The number of imide groups is 1. The molecule has 0 aliphatic carbocycles. The molecule has 0 aromatic heterocycles. The zero-order valence-electron chi connectivity index (χ0n) is 37.6. The van der Waals surface area contributed by atoms with E-state index >= 15 is 0 Å². The first kappa shape index (κ1) is 46.8. The van der Waals surface area contributed by atoms with Crippen LogP contribution in [0.2, 0.25) is 0 Å². The van der Waals surface area contributed by atoms with E-state index in [1.165, 1.54) is 36.4 Å². The number of carbonyl (C=O) groups excluding carboxylic acids is 6. The minimum Gasteiger partial charge on any atom is -0.508 e. The van der Waals surface area contributed by atoms with Gasteiger partial charge >= 0.3 is 24.1 Å². The molecule has 0 saturated heterocycles. The fourth-order valence-corrected chi connectivity index (χ4v) is 7.59. The summed E-state index contributed by atoms with van der Waals surface area (Å²) in [6, 6.07) is 29.6. The number of carbonyl (C=O) groups is 6. The van der Waals surface area contributed by atoms with E-state index < -0.39 is 59.2 Å². The first-order valence-corrected chi connectivity index (χ1v) is 21.4. The van der Waals surface area contributed by atoms with E-state index in [1.807, 2.05) is 0 Å². The van der Waals surface area contributed by atoms with Crippen LogP contribution in [0, 0.1) is 0 Å². The van der Waals surface area contributed by atoms with Gasteiger partial charge < -0.3 is 39.8 Å². The van der Waals surface area contributed by atoms with Crippen LogP contribution in [-0.4, -0.2) is 69.4 Å². The second-order valence-corrected chi connectivity index (χ2v) is 17.8. The topological polar surface area (TPSA) is 216 Å². The van der Waals surface area contributed by atoms with Crippen molar-refractivity contribution in [1.29, 1.82) is 0 Å². The summed E-state index contributed by atoms with van der Waals surface area (Å²) in [5, 5.41) is 28.3. The molecule has 6 aromatic carbocycles. The van der Waals surface area contributed by atoms with Gasteiger partial charge in [-0.25, -0.2) is 19.2 Å². The summed E-state index contributed by atoms with van der Waals surface area (Å²) in [6.07, 6.45) is -1.81. The number of amides is 4. The van der Waals surface area contributed by atoms with Crippen molar-refractivity contribution in [3.8, 4) is 45.3 Å². The zero-order chi connectivity index (χ0) is 48.2. The average Bonchev–Trinajstić information content (AvgIpc) is 3.55. The average molecular weight is 908 g/mol. The molecule has 1 aliphatic heterocycles. The van der Waals surface area contributed by atoms with Crippen LogP contribution in [0.25, 0.3) is 33.0 Å². The van der Waals surface area contributed by atoms with Crippen molar-refractivity contribution in [1.82, 2.24) is 16.0 Å². The van der Waals surface area contributed by atoms with Crippen LogP contribution in [0.5, 0.6) is 23.0 Å². The predicted octanol–water partition coefficient (Wildman–Crippen LogP) is 8.55. The molecule has 1 heterocycles. The molecule has 0 spiro atoms. The molecule has 1 aliphatic rings. The lowest BCUT2D eigenvalue weighted by Gasteiger charge is -2.24. The van der Waals surface area contributed by atoms with Crippen molar-refractivity contribution in [2.75, 3.05) is 0 Å². The lowest BCUT2D eigenvalue weighted by molar-refractivity contribution is -0.137. The van der Waals surface area contributed by atoms with Gasteiger partial charge in [-0.2, -0.15) is 0 Å². The van der Waals surface area contributed by atoms with Gasteiger partial charge in [0.05, 0.1) is 11.1 Å². The Morgan fingerprint density at radius 2 is 0.851 bits per heavy atom. The Balaban J connectivity index is 1.30. The maximum Gasteiger partial charge on any atom is 0.408 e. The zero-order valence-corrected chi connectivity index (χ0v) is 37.6. The highest BCUT2D eigenvalue weighted by molar-refractivity contribution is 6.32. The summed E-state index contributed by atoms with van der Waals surface area (Å²) in [7, 11) is 0. The van der Waals surface area contributed by atoms with Crippen molar-refractivity contribution in [2.24, 2.45) is 0 Å². The molecule has 15 nitrogen and oxygen atoms in total. The molecule has 0 unspecified atom stereocenters.